The number of amides is 1. The van der Waals surface area contributed by atoms with Gasteiger partial charge in [0.2, 0.25) is 11.9 Å². The van der Waals surface area contributed by atoms with Crippen molar-refractivity contribution in [3.8, 4) is 0 Å². The molecular formula is C14H18N6O2. The number of nitrogens with zero attached hydrogens (tertiary/aromatic N) is 5. The van der Waals surface area contributed by atoms with E-state index in [0.717, 1.165) is 24.7 Å². The molecule has 0 atom stereocenters. The number of aromatic nitrogens is 3. The highest BCUT2D eigenvalue weighted by atomic mass is 16.3. The normalized spacial score (nSPS) is 15.0. The number of hydrogen-bond acceptors (Lipinski definition) is 7. The van der Waals surface area contributed by atoms with E-state index in [1.807, 2.05) is 17.0 Å². The summed E-state index contributed by atoms with van der Waals surface area (Å²) in [5.74, 6) is 2.15. The van der Waals surface area contributed by atoms with E-state index >= 15 is 0 Å². The summed E-state index contributed by atoms with van der Waals surface area (Å²) < 4.78 is 5.25. The second-order valence-electron chi connectivity index (χ2n) is 5.06. The maximum Gasteiger partial charge on any atom is 0.245 e. The minimum Gasteiger partial charge on any atom is -0.467 e. The lowest BCUT2D eigenvalue weighted by Crippen LogP contribution is -2.48. The Balaban J connectivity index is 1.60. The molecule has 3 rings (SSSR count). The van der Waals surface area contributed by atoms with Crippen molar-refractivity contribution < 1.29 is 9.21 Å². The molecule has 8 heteroatoms. The van der Waals surface area contributed by atoms with Crippen LogP contribution >= 0.6 is 0 Å². The fraction of sp³-hybridized carbons (Fsp3) is 0.429. The predicted octanol–water partition coefficient (Wildman–Crippen LogP) is 0.745. The third kappa shape index (κ3) is 3.33. The van der Waals surface area contributed by atoms with Gasteiger partial charge in [0.15, 0.2) is 5.82 Å². The fourth-order valence-electron chi connectivity index (χ4n) is 2.35. The fourth-order valence-corrected chi connectivity index (χ4v) is 2.35. The van der Waals surface area contributed by atoms with Crippen molar-refractivity contribution in [3.05, 3.63) is 30.4 Å². The van der Waals surface area contributed by atoms with Gasteiger partial charge in [-0.25, -0.2) is 0 Å². The first-order valence-corrected chi connectivity index (χ1v) is 7.19. The largest absolute Gasteiger partial charge is 0.467 e. The van der Waals surface area contributed by atoms with Crippen LogP contribution in [-0.4, -0.2) is 52.2 Å². The predicted molar refractivity (Wildman–Crippen MR) is 80.3 cm³/mol. The van der Waals surface area contributed by atoms with E-state index in [9.17, 15) is 4.79 Å². The molecule has 1 saturated heterocycles. The first-order chi connectivity index (χ1) is 10.7. The van der Waals surface area contributed by atoms with Crippen molar-refractivity contribution in [1.82, 2.24) is 20.1 Å². The maximum absolute atomic E-state index is 11.3. The van der Waals surface area contributed by atoms with Crippen LogP contribution in [0.3, 0.4) is 0 Å². The van der Waals surface area contributed by atoms with Crippen molar-refractivity contribution in [2.45, 2.75) is 13.5 Å². The number of nitrogens with one attached hydrogen (secondary N) is 1. The molecule has 0 spiro atoms. The van der Waals surface area contributed by atoms with Gasteiger partial charge in [-0.2, -0.15) is 10.1 Å². The van der Waals surface area contributed by atoms with Crippen LogP contribution in [0.2, 0.25) is 0 Å². The molecular weight excluding hydrogens is 284 g/mol. The zero-order valence-electron chi connectivity index (χ0n) is 12.4. The van der Waals surface area contributed by atoms with Crippen molar-refractivity contribution in [2.24, 2.45) is 0 Å². The molecule has 0 unspecified atom stereocenters. The number of rotatable bonds is 4. The van der Waals surface area contributed by atoms with Gasteiger partial charge in [-0.3, -0.25) is 4.79 Å². The van der Waals surface area contributed by atoms with E-state index in [1.54, 1.807) is 19.4 Å². The minimum atomic E-state index is 0.112. The second-order valence-corrected chi connectivity index (χ2v) is 5.06. The quantitative estimate of drug-likeness (QED) is 0.891. The van der Waals surface area contributed by atoms with Crippen molar-refractivity contribution in [1.29, 1.82) is 0 Å². The molecule has 0 aliphatic carbocycles. The molecule has 0 aromatic carbocycles. The molecule has 2 aromatic heterocycles. The SMILES string of the molecule is CC(=O)N1CCN(c2cnnc(NCc3ccco3)n2)CC1. The number of piperazine rings is 1. The summed E-state index contributed by atoms with van der Waals surface area (Å²) in [6, 6.07) is 3.71. The Morgan fingerprint density at radius 3 is 2.86 bits per heavy atom. The van der Waals surface area contributed by atoms with E-state index in [4.69, 9.17) is 4.42 Å². The highest BCUT2D eigenvalue weighted by molar-refractivity contribution is 5.73. The van der Waals surface area contributed by atoms with Crippen LogP contribution < -0.4 is 10.2 Å². The van der Waals surface area contributed by atoms with Crippen LogP contribution in [0, 0.1) is 0 Å². The highest BCUT2D eigenvalue weighted by Gasteiger charge is 2.20. The molecule has 0 saturated carbocycles. The van der Waals surface area contributed by atoms with Gasteiger partial charge >= 0.3 is 0 Å². The van der Waals surface area contributed by atoms with Gasteiger partial charge in [0.25, 0.3) is 0 Å². The Morgan fingerprint density at radius 2 is 2.18 bits per heavy atom. The van der Waals surface area contributed by atoms with Gasteiger partial charge in [0.05, 0.1) is 19.0 Å². The number of hydrogen-bond donors (Lipinski definition) is 1. The van der Waals surface area contributed by atoms with Crippen LogP contribution in [0.15, 0.2) is 29.0 Å². The average Bonchev–Trinajstić information content (AvgIpc) is 3.07. The van der Waals surface area contributed by atoms with Crippen LogP contribution in [0.4, 0.5) is 11.8 Å². The summed E-state index contributed by atoms with van der Waals surface area (Å²) in [4.78, 5) is 19.7. The van der Waals surface area contributed by atoms with Gasteiger partial charge < -0.3 is 19.5 Å². The molecule has 22 heavy (non-hydrogen) atoms. The molecule has 0 radical (unpaired) electrons. The van der Waals surface area contributed by atoms with Crippen molar-refractivity contribution >= 4 is 17.7 Å². The van der Waals surface area contributed by atoms with E-state index in [0.29, 0.717) is 25.6 Å². The summed E-state index contributed by atoms with van der Waals surface area (Å²) in [5, 5.41) is 11.0. The Hall–Kier alpha value is -2.64. The smallest absolute Gasteiger partial charge is 0.245 e. The molecule has 1 fully saturated rings. The number of carbonyl (C=O) groups excluding carboxylic acids is 1. The molecule has 3 heterocycles. The molecule has 1 aliphatic rings. The summed E-state index contributed by atoms with van der Waals surface area (Å²) in [7, 11) is 0. The number of furan rings is 1. The Morgan fingerprint density at radius 1 is 1.36 bits per heavy atom. The van der Waals surface area contributed by atoms with E-state index < -0.39 is 0 Å². The zero-order chi connectivity index (χ0) is 15.4. The summed E-state index contributed by atoms with van der Waals surface area (Å²) >= 11 is 0. The topological polar surface area (TPSA) is 87.4 Å². The van der Waals surface area contributed by atoms with Crippen LogP contribution in [0.5, 0.6) is 0 Å². The summed E-state index contributed by atoms with van der Waals surface area (Å²) in [6.45, 7) is 5.00. The van der Waals surface area contributed by atoms with Crippen molar-refractivity contribution in [3.63, 3.8) is 0 Å². The van der Waals surface area contributed by atoms with Crippen LogP contribution in [-0.2, 0) is 11.3 Å². The molecule has 0 bridgehead atoms. The van der Waals surface area contributed by atoms with Gasteiger partial charge in [0, 0.05) is 33.1 Å². The third-order valence-corrected chi connectivity index (χ3v) is 3.60. The standard InChI is InChI=1S/C14H18N6O2/c1-11(21)19-4-6-20(7-5-19)13-10-16-18-14(17-13)15-9-12-3-2-8-22-12/h2-3,8,10H,4-7,9H2,1H3,(H,15,17,18). The second kappa shape index (κ2) is 6.42. The highest BCUT2D eigenvalue weighted by Crippen LogP contribution is 2.14. The van der Waals surface area contributed by atoms with E-state index in [2.05, 4.69) is 25.4 Å². The Bertz CT molecular complexity index is 622. The first-order valence-electron chi connectivity index (χ1n) is 7.19. The van der Waals surface area contributed by atoms with Gasteiger partial charge in [-0.15, -0.1) is 5.10 Å². The molecule has 1 amide bonds. The summed E-state index contributed by atoms with van der Waals surface area (Å²) in [6.07, 6.45) is 3.27. The Labute approximate surface area is 128 Å². The lowest BCUT2D eigenvalue weighted by molar-refractivity contribution is -0.129. The van der Waals surface area contributed by atoms with Crippen molar-refractivity contribution in [2.75, 3.05) is 36.4 Å². The average molecular weight is 302 g/mol. The molecule has 2 aromatic rings. The number of anilines is 2. The minimum absolute atomic E-state index is 0.112. The zero-order valence-corrected chi connectivity index (χ0v) is 12.4. The maximum atomic E-state index is 11.3. The lowest BCUT2D eigenvalue weighted by Gasteiger charge is -2.34. The van der Waals surface area contributed by atoms with Crippen LogP contribution in [0.25, 0.3) is 0 Å². The lowest BCUT2D eigenvalue weighted by atomic mass is 10.3. The van der Waals surface area contributed by atoms with E-state index in [1.165, 1.54) is 0 Å². The molecule has 116 valence electrons. The monoisotopic (exact) mass is 302 g/mol. The first kappa shape index (κ1) is 14.3. The van der Waals surface area contributed by atoms with Gasteiger partial charge in [0.1, 0.15) is 5.76 Å². The third-order valence-electron chi connectivity index (χ3n) is 3.60. The molecule has 1 N–H and O–H groups in total. The van der Waals surface area contributed by atoms with E-state index in [-0.39, 0.29) is 5.91 Å². The summed E-state index contributed by atoms with van der Waals surface area (Å²) in [5.41, 5.74) is 0. The van der Waals surface area contributed by atoms with Crippen LogP contribution in [0.1, 0.15) is 12.7 Å². The molecule has 1 aliphatic heterocycles. The van der Waals surface area contributed by atoms with Gasteiger partial charge in [-0.1, -0.05) is 0 Å². The van der Waals surface area contributed by atoms with Gasteiger partial charge in [-0.05, 0) is 12.1 Å². The molecule has 8 nitrogen and oxygen atoms in total. The number of carbonyl (C=O) groups is 1. The Kier molecular flexibility index (Phi) is 4.17.